The van der Waals surface area contributed by atoms with Gasteiger partial charge >= 0.3 is 0 Å². The fourth-order valence-electron chi connectivity index (χ4n) is 1.91. The van der Waals surface area contributed by atoms with Gasteiger partial charge in [0.2, 0.25) is 5.76 Å². The van der Waals surface area contributed by atoms with Crippen LogP contribution in [0.3, 0.4) is 0 Å². The van der Waals surface area contributed by atoms with Gasteiger partial charge in [0, 0.05) is 6.07 Å². The van der Waals surface area contributed by atoms with E-state index in [9.17, 15) is 13.6 Å². The summed E-state index contributed by atoms with van der Waals surface area (Å²) in [6.45, 7) is 1.74. The number of aromatic nitrogens is 1. The first kappa shape index (κ1) is 14.0. The molecule has 2 heterocycles. The van der Waals surface area contributed by atoms with E-state index in [4.69, 9.17) is 8.83 Å². The molecular weight excluding hydrogens is 294 g/mol. The number of nitrogens with one attached hydrogen (secondary N) is 1. The quantitative estimate of drug-likeness (QED) is 0.799. The van der Waals surface area contributed by atoms with Crippen molar-refractivity contribution in [3.05, 3.63) is 59.8 Å². The van der Waals surface area contributed by atoms with Gasteiger partial charge in [-0.3, -0.25) is 4.79 Å². The predicted octanol–water partition coefficient (Wildman–Crippen LogP) is 3.77. The maximum Gasteiger partial charge on any atom is 0.278 e. The molecule has 1 amide bonds. The molecule has 7 heteroatoms. The van der Waals surface area contributed by atoms with Crippen LogP contribution in [0, 0.1) is 18.6 Å². The van der Waals surface area contributed by atoms with Crippen molar-refractivity contribution in [2.45, 2.75) is 6.92 Å². The Morgan fingerprint density at radius 1 is 1.23 bits per heavy atom. The number of carbonyl (C=O) groups is 1. The normalized spacial score (nSPS) is 10.7. The van der Waals surface area contributed by atoms with Crippen LogP contribution >= 0.6 is 0 Å². The van der Waals surface area contributed by atoms with E-state index in [1.54, 1.807) is 19.1 Å². The van der Waals surface area contributed by atoms with E-state index in [1.807, 2.05) is 0 Å². The third-order valence-electron chi connectivity index (χ3n) is 2.92. The molecule has 22 heavy (non-hydrogen) atoms. The molecule has 3 rings (SSSR count). The van der Waals surface area contributed by atoms with Crippen LogP contribution in [0.25, 0.3) is 11.5 Å². The van der Waals surface area contributed by atoms with Crippen LogP contribution in [0.4, 0.5) is 14.5 Å². The minimum absolute atomic E-state index is 0.0852. The molecule has 0 aliphatic carbocycles. The van der Waals surface area contributed by atoms with Crippen molar-refractivity contribution in [3.8, 4) is 11.5 Å². The topological polar surface area (TPSA) is 68.3 Å². The zero-order chi connectivity index (χ0) is 15.7. The van der Waals surface area contributed by atoms with Crippen molar-refractivity contribution in [2.24, 2.45) is 0 Å². The minimum atomic E-state index is -0.756. The first-order chi connectivity index (χ1) is 10.5. The van der Waals surface area contributed by atoms with E-state index in [0.29, 0.717) is 11.5 Å². The molecule has 1 aromatic carbocycles. The monoisotopic (exact) mass is 304 g/mol. The van der Waals surface area contributed by atoms with Crippen molar-refractivity contribution in [3.63, 3.8) is 0 Å². The fourth-order valence-corrected chi connectivity index (χ4v) is 1.91. The number of furan rings is 1. The maximum absolute atomic E-state index is 13.6. The van der Waals surface area contributed by atoms with Gasteiger partial charge in [0.15, 0.2) is 17.8 Å². The molecule has 0 fully saturated rings. The lowest BCUT2D eigenvalue weighted by Gasteiger charge is -2.05. The van der Waals surface area contributed by atoms with Gasteiger partial charge in [0.25, 0.3) is 5.91 Å². The number of anilines is 1. The summed E-state index contributed by atoms with van der Waals surface area (Å²) < 4.78 is 37.2. The standard InChI is InChI=1S/C15H10F2N2O3/c1-8-2-5-12(22-8)14-13(18-7-21-14)15(20)19-11-6-9(16)3-4-10(11)17/h2-7H,1H3,(H,19,20). The van der Waals surface area contributed by atoms with Gasteiger partial charge < -0.3 is 14.2 Å². The number of aryl methyl sites for hydroxylation is 1. The Hall–Kier alpha value is -2.96. The molecule has 0 atom stereocenters. The Bertz CT molecular complexity index is 839. The van der Waals surface area contributed by atoms with Gasteiger partial charge in [-0.1, -0.05) is 0 Å². The highest BCUT2D eigenvalue weighted by molar-refractivity contribution is 6.06. The Balaban J connectivity index is 1.90. The molecule has 112 valence electrons. The summed E-state index contributed by atoms with van der Waals surface area (Å²) in [6, 6.07) is 6.08. The fraction of sp³-hybridized carbons (Fsp3) is 0.0667. The van der Waals surface area contributed by atoms with Crippen LogP contribution in [0.5, 0.6) is 0 Å². The van der Waals surface area contributed by atoms with Crippen molar-refractivity contribution >= 4 is 11.6 Å². The zero-order valence-electron chi connectivity index (χ0n) is 11.4. The summed E-state index contributed by atoms with van der Waals surface area (Å²) in [5.74, 6) is -1.09. The molecule has 0 bridgehead atoms. The van der Waals surface area contributed by atoms with Crippen LogP contribution in [-0.4, -0.2) is 10.9 Å². The average molecular weight is 304 g/mol. The molecule has 2 aromatic heterocycles. The van der Waals surface area contributed by atoms with E-state index in [1.165, 1.54) is 0 Å². The SMILES string of the molecule is Cc1ccc(-c2ocnc2C(=O)Nc2cc(F)ccc2F)o1. The Labute approximate surface area is 123 Å². The number of hydrogen-bond acceptors (Lipinski definition) is 4. The van der Waals surface area contributed by atoms with Gasteiger partial charge in [-0.15, -0.1) is 0 Å². The molecule has 0 spiro atoms. The van der Waals surface area contributed by atoms with Crippen molar-refractivity contribution in [1.82, 2.24) is 4.98 Å². The van der Waals surface area contributed by atoms with Crippen LogP contribution < -0.4 is 5.32 Å². The third-order valence-corrected chi connectivity index (χ3v) is 2.92. The first-order valence-corrected chi connectivity index (χ1v) is 6.31. The molecule has 5 nitrogen and oxygen atoms in total. The average Bonchev–Trinajstić information content (AvgIpc) is 3.11. The van der Waals surface area contributed by atoms with Crippen molar-refractivity contribution < 1.29 is 22.4 Å². The van der Waals surface area contributed by atoms with E-state index in [-0.39, 0.29) is 17.1 Å². The van der Waals surface area contributed by atoms with E-state index < -0.39 is 17.5 Å². The van der Waals surface area contributed by atoms with E-state index >= 15 is 0 Å². The molecule has 0 unspecified atom stereocenters. The third kappa shape index (κ3) is 2.60. The van der Waals surface area contributed by atoms with Gasteiger partial charge in [0.05, 0.1) is 5.69 Å². The van der Waals surface area contributed by atoms with E-state index in [0.717, 1.165) is 24.6 Å². The summed E-state index contributed by atoms with van der Waals surface area (Å²) >= 11 is 0. The lowest BCUT2D eigenvalue weighted by atomic mass is 10.2. The van der Waals surface area contributed by atoms with Crippen LogP contribution in [0.2, 0.25) is 0 Å². The van der Waals surface area contributed by atoms with Gasteiger partial charge in [-0.05, 0) is 31.2 Å². The van der Waals surface area contributed by atoms with Crippen LogP contribution in [0.15, 0.2) is 45.6 Å². The second kappa shape index (κ2) is 5.44. The lowest BCUT2D eigenvalue weighted by Crippen LogP contribution is -2.14. The summed E-state index contributed by atoms with van der Waals surface area (Å²) in [5.41, 5.74) is -0.368. The Morgan fingerprint density at radius 3 is 2.77 bits per heavy atom. The highest BCUT2D eigenvalue weighted by Gasteiger charge is 2.21. The lowest BCUT2D eigenvalue weighted by molar-refractivity contribution is 0.102. The highest BCUT2D eigenvalue weighted by atomic mass is 19.1. The van der Waals surface area contributed by atoms with Crippen LogP contribution in [-0.2, 0) is 0 Å². The number of amides is 1. The predicted molar refractivity (Wildman–Crippen MR) is 73.3 cm³/mol. The second-order valence-corrected chi connectivity index (χ2v) is 4.52. The number of carbonyl (C=O) groups excluding carboxylic acids is 1. The number of rotatable bonds is 3. The number of oxazole rings is 1. The number of hydrogen-bond donors (Lipinski definition) is 1. The molecule has 0 saturated heterocycles. The number of benzene rings is 1. The van der Waals surface area contributed by atoms with Gasteiger partial charge in [-0.2, -0.15) is 0 Å². The largest absolute Gasteiger partial charge is 0.458 e. The van der Waals surface area contributed by atoms with Crippen LogP contribution in [0.1, 0.15) is 16.2 Å². The minimum Gasteiger partial charge on any atom is -0.458 e. The first-order valence-electron chi connectivity index (χ1n) is 6.31. The molecule has 0 aliphatic heterocycles. The Kier molecular flexibility index (Phi) is 3.46. The van der Waals surface area contributed by atoms with E-state index in [2.05, 4.69) is 10.3 Å². The molecular formula is C15H10F2N2O3. The molecule has 1 N–H and O–H groups in total. The summed E-state index contributed by atoms with van der Waals surface area (Å²) in [6.07, 6.45) is 1.07. The van der Waals surface area contributed by atoms with Crippen molar-refractivity contribution in [2.75, 3.05) is 5.32 Å². The molecule has 0 radical (unpaired) electrons. The number of halogens is 2. The number of nitrogens with zero attached hydrogens (tertiary/aromatic N) is 1. The van der Waals surface area contributed by atoms with Crippen molar-refractivity contribution in [1.29, 1.82) is 0 Å². The summed E-state index contributed by atoms with van der Waals surface area (Å²) in [7, 11) is 0. The molecule has 0 aliphatic rings. The zero-order valence-corrected chi connectivity index (χ0v) is 11.4. The van der Waals surface area contributed by atoms with Gasteiger partial charge in [0.1, 0.15) is 17.4 Å². The molecule has 3 aromatic rings. The Morgan fingerprint density at radius 2 is 2.05 bits per heavy atom. The summed E-state index contributed by atoms with van der Waals surface area (Å²) in [4.78, 5) is 16.0. The second-order valence-electron chi connectivity index (χ2n) is 4.52. The highest BCUT2D eigenvalue weighted by Crippen LogP contribution is 2.26. The summed E-state index contributed by atoms with van der Waals surface area (Å²) in [5, 5.41) is 2.25. The smallest absolute Gasteiger partial charge is 0.278 e. The maximum atomic E-state index is 13.6. The molecule has 0 saturated carbocycles. The van der Waals surface area contributed by atoms with Gasteiger partial charge in [-0.25, -0.2) is 13.8 Å².